The van der Waals surface area contributed by atoms with Gasteiger partial charge in [-0.25, -0.2) is 37.7 Å². The second-order valence-corrected chi connectivity index (χ2v) is 25.2. The van der Waals surface area contributed by atoms with Crippen LogP contribution in [0, 0.1) is 19.7 Å². The Labute approximate surface area is 458 Å². The molecule has 0 aliphatic carbocycles. The normalized spacial score (nSPS) is 21.1. The second kappa shape index (κ2) is 23.6. The quantitative estimate of drug-likeness (QED) is 0.0939. The third kappa shape index (κ3) is 12.4. The number of aromatic amines is 1. The van der Waals surface area contributed by atoms with Gasteiger partial charge in [0, 0.05) is 118 Å². The van der Waals surface area contributed by atoms with Crippen LogP contribution in [0.3, 0.4) is 0 Å². The van der Waals surface area contributed by atoms with Crippen LogP contribution in [-0.4, -0.2) is 196 Å². The van der Waals surface area contributed by atoms with E-state index < -0.39 is 20.4 Å². The van der Waals surface area contributed by atoms with Crippen molar-refractivity contribution >= 4 is 61.4 Å². The van der Waals surface area contributed by atoms with Gasteiger partial charge in [0.1, 0.15) is 58.6 Å². The molecule has 24 heteroatoms. The molecule has 2 aromatic carbocycles. The maximum absolute atomic E-state index is 14.1. The molecule has 4 aliphatic rings. The minimum Gasteiger partial charge on any atom is -0.491 e. The number of nitrogens with zero attached hydrogens (tertiary/aromatic N) is 11. The number of carbonyl (C=O) groups is 2. The van der Waals surface area contributed by atoms with Crippen molar-refractivity contribution in [3.05, 3.63) is 93.8 Å². The maximum atomic E-state index is 14.1. The number of hydrogen-bond acceptors (Lipinski definition) is 20. The Balaban J connectivity index is 0.681. The molecule has 1 amide bonds. The highest BCUT2D eigenvalue weighted by molar-refractivity contribution is 7.92. The molecule has 4 fully saturated rings. The Morgan fingerprint density at radius 3 is 2.47 bits per heavy atom. The monoisotopic (exact) mass is 1110 g/mol. The predicted molar refractivity (Wildman–Crippen MR) is 294 cm³/mol. The number of likely N-dealkylation sites (tertiary alicyclic amines) is 1. The maximum Gasteiger partial charge on any atom is 0.237 e. The zero-order valence-electron chi connectivity index (χ0n) is 45.1. The molecule has 0 bridgehead atoms. The van der Waals surface area contributed by atoms with Crippen LogP contribution in [0.2, 0.25) is 0 Å². The Morgan fingerprint density at radius 2 is 1.73 bits per heavy atom. The number of anilines is 3. The van der Waals surface area contributed by atoms with Gasteiger partial charge in [0.15, 0.2) is 21.4 Å². The highest BCUT2D eigenvalue weighted by Crippen LogP contribution is 2.38. The van der Waals surface area contributed by atoms with Gasteiger partial charge in [-0.2, -0.15) is 5.10 Å². The lowest BCUT2D eigenvalue weighted by Gasteiger charge is -2.43. The minimum absolute atomic E-state index is 0.0611. The van der Waals surface area contributed by atoms with Crippen LogP contribution in [-0.2, 0) is 19.4 Å². The molecule has 416 valence electrons. The van der Waals surface area contributed by atoms with E-state index in [0.717, 1.165) is 68.4 Å². The van der Waals surface area contributed by atoms with E-state index in [2.05, 4.69) is 72.3 Å². The lowest BCUT2D eigenvalue weighted by atomic mass is 10.1. The van der Waals surface area contributed by atoms with E-state index in [1.807, 2.05) is 18.7 Å². The van der Waals surface area contributed by atoms with E-state index in [4.69, 9.17) is 14.2 Å². The van der Waals surface area contributed by atoms with Gasteiger partial charge >= 0.3 is 0 Å². The number of piperazine rings is 2. The molecule has 4 saturated heterocycles. The van der Waals surface area contributed by atoms with E-state index in [0.29, 0.717) is 98.0 Å². The number of H-pyrrole nitrogens is 1. The number of rotatable bonds is 18. The smallest absolute Gasteiger partial charge is 0.237 e. The molecule has 0 saturated carbocycles. The molecule has 21 nitrogen and oxygen atoms in total. The second-order valence-electron chi connectivity index (χ2n) is 21.6. The summed E-state index contributed by atoms with van der Waals surface area (Å²) in [5.74, 6) is 1.86. The molecule has 0 spiro atoms. The first-order valence-corrected chi connectivity index (χ1v) is 29.1. The number of fused-ring (bicyclic) bond motifs is 1. The largest absolute Gasteiger partial charge is 0.491 e. The number of sulfone groups is 1. The summed E-state index contributed by atoms with van der Waals surface area (Å²) in [6, 6.07) is 8.91. The van der Waals surface area contributed by atoms with E-state index in [-0.39, 0.29) is 53.2 Å². The molecular weight excluding hydrogens is 1040 g/mol. The minimum atomic E-state index is -3.83. The van der Waals surface area contributed by atoms with Crippen molar-refractivity contribution in [3.8, 4) is 11.5 Å². The Morgan fingerprint density at radius 1 is 0.949 bits per heavy atom. The summed E-state index contributed by atoms with van der Waals surface area (Å²) in [7, 11) is -3.83. The van der Waals surface area contributed by atoms with E-state index in [9.17, 15) is 22.4 Å². The lowest BCUT2D eigenvalue weighted by molar-refractivity contribution is -0.134. The Kier molecular flexibility index (Phi) is 16.6. The first kappa shape index (κ1) is 55.1. The average Bonchev–Trinajstić information content (AvgIpc) is 4.29. The molecule has 3 N–H and O–H groups in total. The topological polar surface area (TPSA) is 229 Å². The number of amides is 1. The lowest BCUT2D eigenvalue weighted by Crippen LogP contribution is -2.61. The molecule has 4 aliphatic heterocycles. The molecule has 78 heavy (non-hydrogen) atoms. The summed E-state index contributed by atoms with van der Waals surface area (Å²) in [5.41, 5.74) is 3.07. The summed E-state index contributed by atoms with van der Waals surface area (Å²) in [6.07, 6.45) is 6.33. The van der Waals surface area contributed by atoms with Crippen molar-refractivity contribution < 1.29 is 36.6 Å². The van der Waals surface area contributed by atoms with E-state index in [1.54, 1.807) is 50.7 Å². The number of aryl methyl sites for hydroxylation is 1. The van der Waals surface area contributed by atoms with Crippen molar-refractivity contribution in [2.75, 3.05) is 109 Å². The zero-order chi connectivity index (χ0) is 54.7. The number of morpholine rings is 1. The number of carbonyl (C=O) groups excluding carboxylic acids is 2. The molecular formula is C54H69FN14O7S2. The first-order valence-electron chi connectivity index (χ1n) is 26.7. The van der Waals surface area contributed by atoms with Crippen molar-refractivity contribution in [2.45, 2.75) is 88.3 Å². The number of halogens is 1. The standard InChI is InChI=1S/C54H69FN14O7S2/c1-34-27-68(30-48(70)69-13-7-8-45(69)52-61-44(32-77-52)49(71)37-9-11-38(55)12-10-37)39(24-56-34)28-66-19-20-74-41(29-66)31-76-40-25-57-53(58-26-40)67-16-14-65(15-17-67)18-21-75-46-23-43-42(22-47(46)78(72,73)54(4,5)6)51(60-33-59-43)62-50-35(2)36(3)63-64-50/h9-12,22-23,25-26,32-34,39,41,45,56H,7-8,13-21,24,27-31H2,1-6H3,(H2,59,60,62,63,64)/t34-,39-,41?,45?/m1/s1. The summed E-state index contributed by atoms with van der Waals surface area (Å²) < 4.78 is 59.1. The SMILES string of the molecule is Cc1[nH]nc(Nc2ncnc3cc(OCCN4CCN(c5ncc(OCC6CN(C[C@H]7CN[C@H](C)CN7CC(=O)N7CCCC7c7nc(C(=O)c8ccc(F)cc8)cs7)CCO6)cn5)CC4)c(S(=O)(=O)C(C)(C)C)cc23)c1C. The van der Waals surface area contributed by atoms with Crippen LogP contribution in [0.25, 0.3) is 10.9 Å². The van der Waals surface area contributed by atoms with Crippen LogP contribution >= 0.6 is 11.3 Å². The molecule has 2 unspecified atom stereocenters. The predicted octanol–water partition coefficient (Wildman–Crippen LogP) is 5.21. The Hall–Kier alpha value is -6.28. The number of thiazole rings is 1. The van der Waals surface area contributed by atoms with Gasteiger partial charge in [0.25, 0.3) is 0 Å². The molecule has 6 aromatic rings. The highest BCUT2D eigenvalue weighted by atomic mass is 32.2. The third-order valence-electron chi connectivity index (χ3n) is 15.1. The van der Waals surface area contributed by atoms with Crippen LogP contribution in [0.4, 0.5) is 22.0 Å². The summed E-state index contributed by atoms with van der Waals surface area (Å²) in [5, 5.41) is 17.2. The molecule has 4 aromatic heterocycles. The van der Waals surface area contributed by atoms with Crippen LogP contribution in [0.15, 0.2) is 65.4 Å². The van der Waals surface area contributed by atoms with E-state index in [1.165, 1.54) is 41.9 Å². The average molecular weight is 1110 g/mol. The van der Waals surface area contributed by atoms with Gasteiger partial charge in [-0.05, 0) is 84.7 Å². The highest BCUT2D eigenvalue weighted by Gasteiger charge is 2.38. The zero-order valence-corrected chi connectivity index (χ0v) is 46.7. The van der Waals surface area contributed by atoms with Crippen molar-refractivity contribution in [2.24, 2.45) is 0 Å². The fourth-order valence-electron chi connectivity index (χ4n) is 10.4. The van der Waals surface area contributed by atoms with Gasteiger partial charge in [-0.3, -0.25) is 29.4 Å². The fraction of sp³-hybridized carbons (Fsp3) is 0.519. The van der Waals surface area contributed by atoms with Gasteiger partial charge in [0.05, 0.1) is 41.9 Å². The number of hydrogen-bond donors (Lipinski definition) is 3. The summed E-state index contributed by atoms with van der Waals surface area (Å²) in [6.45, 7) is 20.3. The fourth-order valence-corrected chi connectivity index (χ4v) is 12.6. The van der Waals surface area contributed by atoms with Crippen molar-refractivity contribution in [1.29, 1.82) is 0 Å². The number of ketones is 1. The van der Waals surface area contributed by atoms with Gasteiger partial charge in [-0.1, -0.05) is 0 Å². The number of nitrogens with one attached hydrogen (secondary N) is 3. The molecule has 10 rings (SSSR count). The number of benzene rings is 2. The molecule has 8 heterocycles. The number of aromatic nitrogens is 7. The third-order valence-corrected chi connectivity index (χ3v) is 18.6. The van der Waals surface area contributed by atoms with Crippen LogP contribution in [0.5, 0.6) is 11.5 Å². The van der Waals surface area contributed by atoms with Gasteiger partial charge in [0.2, 0.25) is 17.6 Å². The van der Waals surface area contributed by atoms with Crippen LogP contribution < -0.4 is 25.0 Å². The van der Waals surface area contributed by atoms with Crippen LogP contribution in [0.1, 0.15) is 78.9 Å². The van der Waals surface area contributed by atoms with Gasteiger partial charge in [-0.15, -0.1) is 11.3 Å². The first-order chi connectivity index (χ1) is 37.5. The summed E-state index contributed by atoms with van der Waals surface area (Å²) in [4.78, 5) is 61.2. The summed E-state index contributed by atoms with van der Waals surface area (Å²) >= 11 is 1.39. The molecule has 0 radical (unpaired) electrons. The Bertz CT molecular complexity index is 3190. The van der Waals surface area contributed by atoms with Gasteiger partial charge < -0.3 is 34.6 Å². The van der Waals surface area contributed by atoms with E-state index >= 15 is 0 Å². The molecule has 4 atom stereocenters. The van der Waals surface area contributed by atoms with Crippen molar-refractivity contribution in [3.63, 3.8) is 0 Å². The van der Waals surface area contributed by atoms with Crippen molar-refractivity contribution in [1.82, 2.24) is 60.0 Å². The number of ether oxygens (including phenoxy) is 3.